The molecule has 0 spiro atoms. The van der Waals surface area contributed by atoms with Crippen LogP contribution in [0.4, 0.5) is 0 Å². The number of aliphatic hydroxyl groups excluding tert-OH is 3. The first-order chi connectivity index (χ1) is 16.5. The largest absolute Gasteiger partial charge is 0.481 e. The molecule has 0 radical (unpaired) electrons. The third-order valence-corrected chi connectivity index (χ3v) is 8.99. The van der Waals surface area contributed by atoms with E-state index >= 15 is 0 Å². The van der Waals surface area contributed by atoms with Gasteiger partial charge in [-0.2, -0.15) is 0 Å². The molecule has 6 unspecified atom stereocenters. The van der Waals surface area contributed by atoms with E-state index in [-0.39, 0.29) is 36.1 Å². The zero-order chi connectivity index (χ0) is 26.1. The standard InChI is InChI=1S/C30H54O5/c1-29(2,21-31)19-7-5-11-22-13-9-15-24(26(22)32)17-18-25-16-10-14-23(27(25)33)12-6-8-20-30(3,4)28(34)35/h17-18,22-27,31-33H,5-16,19-21H2,1-4H3,(H,34,35)/b18-17-. The second kappa shape index (κ2) is 14.1. The Labute approximate surface area is 214 Å². The summed E-state index contributed by atoms with van der Waals surface area (Å²) >= 11 is 0. The number of aliphatic hydroxyl groups is 3. The van der Waals surface area contributed by atoms with Crippen LogP contribution >= 0.6 is 0 Å². The van der Waals surface area contributed by atoms with Gasteiger partial charge in [-0.25, -0.2) is 0 Å². The van der Waals surface area contributed by atoms with Crippen LogP contribution < -0.4 is 0 Å². The van der Waals surface area contributed by atoms with Crippen LogP contribution in [0.1, 0.15) is 118 Å². The first-order valence-electron chi connectivity index (χ1n) is 14.4. The van der Waals surface area contributed by atoms with Gasteiger partial charge in [0, 0.05) is 18.4 Å². The number of rotatable bonds is 14. The minimum absolute atomic E-state index is 0.00972. The Bertz CT molecular complexity index is 655. The summed E-state index contributed by atoms with van der Waals surface area (Å²) < 4.78 is 0. The molecule has 2 aliphatic carbocycles. The lowest BCUT2D eigenvalue weighted by atomic mass is 9.73. The lowest BCUT2D eigenvalue weighted by Crippen LogP contribution is -2.34. The summed E-state index contributed by atoms with van der Waals surface area (Å²) in [4.78, 5) is 11.3. The van der Waals surface area contributed by atoms with Crippen LogP contribution in [-0.4, -0.2) is 45.2 Å². The molecule has 0 bridgehead atoms. The molecule has 2 rings (SSSR count). The van der Waals surface area contributed by atoms with Crippen LogP contribution in [0.25, 0.3) is 0 Å². The molecular weight excluding hydrogens is 440 g/mol. The highest BCUT2D eigenvalue weighted by Gasteiger charge is 2.33. The minimum atomic E-state index is -0.738. The molecule has 0 aliphatic heterocycles. The number of aliphatic carboxylic acids is 1. The van der Waals surface area contributed by atoms with E-state index in [1.54, 1.807) is 13.8 Å². The molecule has 6 atom stereocenters. The van der Waals surface area contributed by atoms with Gasteiger partial charge in [-0.1, -0.05) is 64.5 Å². The van der Waals surface area contributed by atoms with Crippen LogP contribution in [-0.2, 0) is 4.79 Å². The second-order valence-electron chi connectivity index (χ2n) is 13.1. The fourth-order valence-electron chi connectivity index (χ4n) is 6.12. The van der Waals surface area contributed by atoms with Crippen LogP contribution in [0.5, 0.6) is 0 Å². The summed E-state index contributed by atoms with van der Waals surface area (Å²) in [5, 5.41) is 40.8. The maximum absolute atomic E-state index is 11.3. The maximum atomic E-state index is 11.3. The second-order valence-corrected chi connectivity index (χ2v) is 13.1. The van der Waals surface area contributed by atoms with Crippen molar-refractivity contribution in [2.45, 2.75) is 130 Å². The van der Waals surface area contributed by atoms with Gasteiger partial charge in [0.25, 0.3) is 0 Å². The summed E-state index contributed by atoms with van der Waals surface area (Å²) in [5.41, 5.74) is -0.685. The van der Waals surface area contributed by atoms with Gasteiger partial charge >= 0.3 is 5.97 Å². The lowest BCUT2D eigenvalue weighted by molar-refractivity contribution is -0.147. The van der Waals surface area contributed by atoms with E-state index in [2.05, 4.69) is 26.0 Å². The van der Waals surface area contributed by atoms with Crippen LogP contribution in [0, 0.1) is 34.5 Å². The Balaban J connectivity index is 1.78. The molecule has 2 saturated carbocycles. The van der Waals surface area contributed by atoms with Gasteiger partial charge in [0.05, 0.1) is 17.6 Å². The van der Waals surface area contributed by atoms with E-state index in [4.69, 9.17) is 0 Å². The van der Waals surface area contributed by atoms with E-state index < -0.39 is 11.4 Å². The number of hydrogen-bond acceptors (Lipinski definition) is 4. The fraction of sp³-hybridized carbons (Fsp3) is 0.900. The van der Waals surface area contributed by atoms with Crippen molar-refractivity contribution >= 4 is 5.97 Å². The molecule has 2 aliphatic rings. The monoisotopic (exact) mass is 494 g/mol. The van der Waals surface area contributed by atoms with Gasteiger partial charge in [-0.15, -0.1) is 0 Å². The molecule has 0 aromatic heterocycles. The molecule has 5 nitrogen and oxygen atoms in total. The summed E-state index contributed by atoms with van der Waals surface area (Å²) in [6.07, 6.45) is 18.0. The third kappa shape index (κ3) is 9.81. The Morgan fingerprint density at radius 1 is 0.771 bits per heavy atom. The molecule has 0 aromatic rings. The Kier molecular flexibility index (Phi) is 12.2. The van der Waals surface area contributed by atoms with E-state index in [1.165, 1.54) is 0 Å². The molecule has 0 amide bonds. The third-order valence-electron chi connectivity index (χ3n) is 8.99. The van der Waals surface area contributed by atoms with E-state index in [0.717, 1.165) is 83.5 Å². The average molecular weight is 495 g/mol. The van der Waals surface area contributed by atoms with Gasteiger partial charge in [0.15, 0.2) is 0 Å². The van der Waals surface area contributed by atoms with Crippen LogP contribution in [0.2, 0.25) is 0 Å². The summed E-state index contributed by atoms with van der Waals surface area (Å²) in [7, 11) is 0. The number of unbranched alkanes of at least 4 members (excludes halogenated alkanes) is 2. The first-order valence-corrected chi connectivity index (χ1v) is 14.4. The van der Waals surface area contributed by atoms with Gasteiger partial charge in [-0.3, -0.25) is 4.79 Å². The summed E-state index contributed by atoms with van der Waals surface area (Å²) in [6, 6.07) is 0. The number of carbonyl (C=O) groups is 1. The van der Waals surface area contributed by atoms with Crippen LogP contribution in [0.15, 0.2) is 12.2 Å². The van der Waals surface area contributed by atoms with E-state index in [1.807, 2.05) is 0 Å². The SMILES string of the molecule is CC(C)(CO)CCCCC1CCCC(/C=C\C2CCCC(CCCCC(C)(C)C(=O)O)C2O)C1O. The maximum Gasteiger partial charge on any atom is 0.309 e. The highest BCUT2D eigenvalue weighted by molar-refractivity contribution is 5.73. The highest BCUT2D eigenvalue weighted by Crippen LogP contribution is 2.37. The smallest absolute Gasteiger partial charge is 0.309 e. The van der Waals surface area contributed by atoms with E-state index in [0.29, 0.717) is 18.3 Å². The van der Waals surface area contributed by atoms with Crippen molar-refractivity contribution in [1.82, 2.24) is 0 Å². The zero-order valence-electron chi connectivity index (χ0n) is 22.9. The molecule has 5 heteroatoms. The van der Waals surface area contributed by atoms with Gasteiger partial charge < -0.3 is 20.4 Å². The minimum Gasteiger partial charge on any atom is -0.481 e. The number of carboxylic acid groups (broad SMARTS) is 1. The van der Waals surface area contributed by atoms with Crippen molar-refractivity contribution in [1.29, 1.82) is 0 Å². The lowest BCUT2D eigenvalue weighted by Gasteiger charge is -2.36. The van der Waals surface area contributed by atoms with Crippen molar-refractivity contribution in [3.63, 3.8) is 0 Å². The van der Waals surface area contributed by atoms with Crippen molar-refractivity contribution in [2.75, 3.05) is 6.61 Å². The molecule has 4 N–H and O–H groups in total. The van der Waals surface area contributed by atoms with Crippen molar-refractivity contribution < 1.29 is 25.2 Å². The fourth-order valence-corrected chi connectivity index (χ4v) is 6.12. The molecule has 204 valence electrons. The van der Waals surface area contributed by atoms with Crippen molar-refractivity contribution in [3.05, 3.63) is 12.2 Å². The normalized spacial score (nSPS) is 30.6. The predicted octanol–water partition coefficient (Wildman–Crippen LogP) is 6.35. The molecule has 0 aromatic carbocycles. The van der Waals surface area contributed by atoms with Gasteiger partial charge in [0.2, 0.25) is 0 Å². The Hall–Kier alpha value is -0.910. The molecule has 0 heterocycles. The van der Waals surface area contributed by atoms with Gasteiger partial charge in [0.1, 0.15) is 0 Å². The first kappa shape index (κ1) is 30.3. The number of carboxylic acids is 1. The predicted molar refractivity (Wildman–Crippen MR) is 142 cm³/mol. The Morgan fingerprint density at radius 3 is 1.66 bits per heavy atom. The van der Waals surface area contributed by atoms with Crippen molar-refractivity contribution in [3.8, 4) is 0 Å². The summed E-state index contributed by atoms with van der Waals surface area (Å²) in [6.45, 7) is 8.01. The average Bonchev–Trinajstić information content (AvgIpc) is 2.81. The summed E-state index contributed by atoms with van der Waals surface area (Å²) in [5.74, 6) is 0.261. The zero-order valence-corrected chi connectivity index (χ0v) is 22.9. The quantitative estimate of drug-likeness (QED) is 0.167. The van der Waals surface area contributed by atoms with E-state index in [9.17, 15) is 25.2 Å². The molecular formula is C30H54O5. The highest BCUT2D eigenvalue weighted by atomic mass is 16.4. The topological polar surface area (TPSA) is 98.0 Å². The molecule has 35 heavy (non-hydrogen) atoms. The Morgan fingerprint density at radius 2 is 1.23 bits per heavy atom. The number of hydrogen-bond donors (Lipinski definition) is 4. The molecule has 0 saturated heterocycles. The van der Waals surface area contributed by atoms with Gasteiger partial charge in [-0.05, 0) is 82.5 Å². The molecule has 2 fully saturated rings. The van der Waals surface area contributed by atoms with Crippen LogP contribution in [0.3, 0.4) is 0 Å². The van der Waals surface area contributed by atoms with Crippen molar-refractivity contribution in [2.24, 2.45) is 34.5 Å².